The van der Waals surface area contributed by atoms with E-state index in [2.05, 4.69) is 10.0 Å². The number of nitrogens with one attached hydrogen (secondary N) is 2. The lowest BCUT2D eigenvalue weighted by Gasteiger charge is -2.14. The summed E-state index contributed by atoms with van der Waals surface area (Å²) < 4.78 is 48.6. The third-order valence-corrected chi connectivity index (χ3v) is 6.92. The van der Waals surface area contributed by atoms with Gasteiger partial charge in [0.1, 0.15) is 0 Å². The minimum Gasteiger partial charge on any atom is -0.454 e. The fraction of sp³-hybridized carbons (Fsp3) is 0.391. The predicted octanol–water partition coefficient (Wildman–Crippen LogP) is 1.73. The zero-order chi connectivity index (χ0) is 24.1. The van der Waals surface area contributed by atoms with Gasteiger partial charge >= 0.3 is 5.97 Å². The second-order valence-corrected chi connectivity index (χ2v) is 9.73. The van der Waals surface area contributed by atoms with Gasteiger partial charge < -0.3 is 24.3 Å². The maximum absolute atomic E-state index is 12.4. The zero-order valence-electron chi connectivity index (χ0n) is 18.6. The summed E-state index contributed by atoms with van der Waals surface area (Å²) in [4.78, 5) is 24.8. The molecule has 2 aromatic rings. The SMILES string of the molecule is CC(OC(=O)c1ccc(S(=O)(=O)NCC2CCCO2)cc1)C(=O)NCc1ccc2c(c1)OCO2. The highest BCUT2D eigenvalue weighted by molar-refractivity contribution is 7.89. The van der Waals surface area contributed by atoms with Crippen LogP contribution in [0.2, 0.25) is 0 Å². The lowest BCUT2D eigenvalue weighted by Crippen LogP contribution is -2.35. The number of rotatable bonds is 9. The van der Waals surface area contributed by atoms with Crippen molar-refractivity contribution in [3.05, 3.63) is 53.6 Å². The van der Waals surface area contributed by atoms with E-state index in [1.165, 1.54) is 31.2 Å². The van der Waals surface area contributed by atoms with Crippen LogP contribution in [-0.4, -0.2) is 52.4 Å². The molecule has 0 saturated carbocycles. The molecule has 11 heteroatoms. The van der Waals surface area contributed by atoms with Crippen LogP contribution in [0.15, 0.2) is 47.4 Å². The predicted molar refractivity (Wildman–Crippen MR) is 120 cm³/mol. The van der Waals surface area contributed by atoms with Gasteiger partial charge in [0, 0.05) is 19.7 Å². The van der Waals surface area contributed by atoms with E-state index in [1.807, 2.05) is 0 Å². The highest BCUT2D eigenvalue weighted by Gasteiger charge is 2.22. The third kappa shape index (κ3) is 5.85. The molecular formula is C23H26N2O8S. The van der Waals surface area contributed by atoms with Gasteiger partial charge in [0.25, 0.3) is 5.91 Å². The standard InChI is InChI=1S/C23H26N2O8S/c1-15(22(26)24-12-16-4-9-20-21(11-16)32-14-31-20)33-23(27)17-5-7-19(8-6-17)34(28,29)25-13-18-3-2-10-30-18/h4-9,11,15,18,25H,2-3,10,12-14H2,1H3,(H,24,26). The van der Waals surface area contributed by atoms with Crippen LogP contribution in [0.3, 0.4) is 0 Å². The van der Waals surface area contributed by atoms with Gasteiger partial charge in [0.2, 0.25) is 16.8 Å². The van der Waals surface area contributed by atoms with E-state index in [4.69, 9.17) is 18.9 Å². The van der Waals surface area contributed by atoms with Crippen molar-refractivity contribution in [2.75, 3.05) is 19.9 Å². The second kappa shape index (κ2) is 10.4. The van der Waals surface area contributed by atoms with Gasteiger partial charge in [-0.15, -0.1) is 0 Å². The lowest BCUT2D eigenvalue weighted by molar-refractivity contribution is -0.129. The Morgan fingerprint density at radius 2 is 1.88 bits per heavy atom. The van der Waals surface area contributed by atoms with Crippen molar-refractivity contribution in [3.63, 3.8) is 0 Å². The average Bonchev–Trinajstić information content (AvgIpc) is 3.53. The summed E-state index contributed by atoms with van der Waals surface area (Å²) in [7, 11) is -3.73. The molecule has 0 aliphatic carbocycles. The summed E-state index contributed by atoms with van der Waals surface area (Å²) in [5.41, 5.74) is 0.939. The quantitative estimate of drug-likeness (QED) is 0.509. The molecular weight excluding hydrogens is 464 g/mol. The van der Waals surface area contributed by atoms with Crippen molar-refractivity contribution in [1.82, 2.24) is 10.0 Å². The van der Waals surface area contributed by atoms with Crippen molar-refractivity contribution >= 4 is 21.9 Å². The van der Waals surface area contributed by atoms with Crippen molar-refractivity contribution in [2.24, 2.45) is 0 Å². The van der Waals surface area contributed by atoms with Crippen molar-refractivity contribution in [3.8, 4) is 11.5 Å². The fourth-order valence-corrected chi connectivity index (χ4v) is 4.59. The summed E-state index contributed by atoms with van der Waals surface area (Å²) in [6, 6.07) is 10.7. The molecule has 2 aliphatic rings. The first kappa shape index (κ1) is 24.0. The minimum absolute atomic E-state index is 0.0246. The summed E-state index contributed by atoms with van der Waals surface area (Å²) in [5, 5.41) is 2.70. The van der Waals surface area contributed by atoms with E-state index in [0.29, 0.717) is 18.1 Å². The number of hydrogen-bond acceptors (Lipinski definition) is 8. The molecule has 2 heterocycles. The summed E-state index contributed by atoms with van der Waals surface area (Å²) in [5.74, 6) is 0.0547. The molecule has 4 rings (SSSR count). The molecule has 2 atom stereocenters. The van der Waals surface area contributed by atoms with E-state index in [-0.39, 0.29) is 36.4 Å². The highest BCUT2D eigenvalue weighted by Crippen LogP contribution is 2.32. The van der Waals surface area contributed by atoms with E-state index < -0.39 is 28.0 Å². The first-order valence-corrected chi connectivity index (χ1v) is 12.4. The number of ether oxygens (including phenoxy) is 4. The molecule has 2 unspecified atom stereocenters. The smallest absolute Gasteiger partial charge is 0.338 e. The Bertz CT molecular complexity index is 1140. The second-order valence-electron chi connectivity index (χ2n) is 7.96. The molecule has 34 heavy (non-hydrogen) atoms. The van der Waals surface area contributed by atoms with Crippen molar-refractivity contribution in [1.29, 1.82) is 0 Å². The Morgan fingerprint density at radius 1 is 1.12 bits per heavy atom. The number of benzene rings is 2. The van der Waals surface area contributed by atoms with Crippen molar-refractivity contribution < 1.29 is 37.0 Å². The van der Waals surface area contributed by atoms with E-state index in [1.54, 1.807) is 18.2 Å². The van der Waals surface area contributed by atoms with Gasteiger partial charge in [-0.2, -0.15) is 0 Å². The van der Waals surface area contributed by atoms with Crippen LogP contribution in [0.4, 0.5) is 0 Å². The number of amides is 1. The number of hydrogen-bond donors (Lipinski definition) is 2. The molecule has 182 valence electrons. The zero-order valence-corrected chi connectivity index (χ0v) is 19.4. The molecule has 0 aromatic heterocycles. The minimum atomic E-state index is -3.73. The Morgan fingerprint density at radius 3 is 2.62 bits per heavy atom. The molecule has 2 N–H and O–H groups in total. The molecule has 0 bridgehead atoms. The fourth-order valence-electron chi connectivity index (χ4n) is 3.53. The summed E-state index contributed by atoms with van der Waals surface area (Å²) in [6.45, 7) is 2.68. The van der Waals surface area contributed by atoms with E-state index in [0.717, 1.165) is 18.4 Å². The third-order valence-electron chi connectivity index (χ3n) is 5.48. The van der Waals surface area contributed by atoms with Gasteiger partial charge in [-0.25, -0.2) is 17.9 Å². The molecule has 1 amide bonds. The molecule has 0 radical (unpaired) electrons. The van der Waals surface area contributed by atoms with Crippen LogP contribution in [0.1, 0.15) is 35.7 Å². The van der Waals surface area contributed by atoms with E-state index in [9.17, 15) is 18.0 Å². The topological polar surface area (TPSA) is 129 Å². The van der Waals surface area contributed by atoms with Crippen LogP contribution in [0, 0.1) is 0 Å². The average molecular weight is 491 g/mol. The lowest BCUT2D eigenvalue weighted by atomic mass is 10.2. The molecule has 1 fully saturated rings. The van der Waals surface area contributed by atoms with Gasteiger partial charge in [-0.05, 0) is 61.7 Å². The Hall–Kier alpha value is -3.15. The van der Waals surface area contributed by atoms with Gasteiger partial charge in [0.05, 0.1) is 16.6 Å². The summed E-state index contributed by atoms with van der Waals surface area (Å²) in [6.07, 6.45) is 0.563. The first-order valence-electron chi connectivity index (χ1n) is 10.9. The van der Waals surface area contributed by atoms with Gasteiger partial charge in [0.15, 0.2) is 17.6 Å². The molecule has 1 saturated heterocycles. The van der Waals surface area contributed by atoms with E-state index >= 15 is 0 Å². The number of fused-ring (bicyclic) bond motifs is 1. The molecule has 2 aromatic carbocycles. The Kier molecular flexibility index (Phi) is 7.35. The van der Waals surface area contributed by atoms with Crippen LogP contribution in [0.5, 0.6) is 11.5 Å². The maximum Gasteiger partial charge on any atom is 0.338 e. The Balaban J connectivity index is 1.27. The molecule has 10 nitrogen and oxygen atoms in total. The first-order chi connectivity index (χ1) is 16.3. The number of carbonyl (C=O) groups is 2. The van der Waals surface area contributed by atoms with Crippen LogP contribution < -0.4 is 19.5 Å². The van der Waals surface area contributed by atoms with Crippen molar-refractivity contribution in [2.45, 2.75) is 43.4 Å². The van der Waals surface area contributed by atoms with Gasteiger partial charge in [-0.3, -0.25) is 4.79 Å². The number of carbonyl (C=O) groups excluding carboxylic acids is 2. The summed E-state index contributed by atoms with van der Waals surface area (Å²) >= 11 is 0. The van der Waals surface area contributed by atoms with Gasteiger partial charge in [-0.1, -0.05) is 6.07 Å². The molecule has 0 spiro atoms. The molecule has 2 aliphatic heterocycles. The number of esters is 1. The Labute approximate surface area is 197 Å². The largest absolute Gasteiger partial charge is 0.454 e. The highest BCUT2D eigenvalue weighted by atomic mass is 32.2. The van der Waals surface area contributed by atoms with Crippen LogP contribution in [-0.2, 0) is 30.8 Å². The van der Waals surface area contributed by atoms with Crippen LogP contribution >= 0.6 is 0 Å². The number of sulfonamides is 1. The normalized spacial score (nSPS) is 17.9. The maximum atomic E-state index is 12.4. The monoisotopic (exact) mass is 490 g/mol. The van der Waals surface area contributed by atoms with Crippen LogP contribution in [0.25, 0.3) is 0 Å².